The van der Waals surface area contributed by atoms with Gasteiger partial charge >= 0.3 is 6.09 Å². The Labute approximate surface area is 112 Å². The summed E-state index contributed by atoms with van der Waals surface area (Å²) in [4.78, 5) is 24.4. The van der Waals surface area contributed by atoms with E-state index in [1.807, 2.05) is 44.4 Å². The van der Waals surface area contributed by atoms with Gasteiger partial charge in [-0.1, -0.05) is 30.3 Å². The molecule has 5 heteroatoms. The van der Waals surface area contributed by atoms with Gasteiger partial charge in [0.2, 0.25) is 0 Å². The predicted octanol–water partition coefficient (Wildman–Crippen LogP) is 1.56. The van der Waals surface area contributed by atoms with Crippen LogP contribution in [0.4, 0.5) is 4.79 Å². The standard InChI is InChI=1S/C14H18N2O3/c1-16(2)9-8-13(17)10-15-14(18)19-11-12-6-4-3-5-7-12/h3-9H,10-11H2,1-2H3,(H,15,18). The Bertz CT molecular complexity index is 441. The Morgan fingerprint density at radius 3 is 2.58 bits per heavy atom. The molecule has 0 fully saturated rings. The van der Waals surface area contributed by atoms with Crippen molar-refractivity contribution in [3.63, 3.8) is 0 Å². The third kappa shape index (κ3) is 6.88. The molecule has 1 N–H and O–H groups in total. The number of amides is 1. The first-order valence-corrected chi connectivity index (χ1v) is 5.90. The largest absolute Gasteiger partial charge is 0.445 e. The molecule has 1 rings (SSSR count). The lowest BCUT2D eigenvalue weighted by Crippen LogP contribution is -2.29. The molecular formula is C14H18N2O3. The van der Waals surface area contributed by atoms with Crippen molar-refractivity contribution in [3.8, 4) is 0 Å². The van der Waals surface area contributed by atoms with Gasteiger partial charge < -0.3 is 15.0 Å². The Morgan fingerprint density at radius 1 is 1.26 bits per heavy atom. The van der Waals surface area contributed by atoms with Crippen LogP contribution in [0.3, 0.4) is 0 Å². The highest BCUT2D eigenvalue weighted by Gasteiger charge is 2.04. The lowest BCUT2D eigenvalue weighted by molar-refractivity contribution is -0.113. The molecule has 5 nitrogen and oxygen atoms in total. The number of alkyl carbamates (subject to hydrolysis) is 1. The van der Waals surface area contributed by atoms with E-state index in [4.69, 9.17) is 4.74 Å². The molecular weight excluding hydrogens is 244 g/mol. The van der Waals surface area contributed by atoms with Crippen LogP contribution >= 0.6 is 0 Å². The lowest BCUT2D eigenvalue weighted by Gasteiger charge is -2.06. The van der Waals surface area contributed by atoms with Crippen molar-refractivity contribution in [2.24, 2.45) is 0 Å². The van der Waals surface area contributed by atoms with Crippen LogP contribution in [0.2, 0.25) is 0 Å². The zero-order chi connectivity index (χ0) is 14.1. The second-order valence-corrected chi connectivity index (χ2v) is 4.16. The highest BCUT2D eigenvalue weighted by atomic mass is 16.5. The highest BCUT2D eigenvalue weighted by molar-refractivity contribution is 5.93. The van der Waals surface area contributed by atoms with Gasteiger partial charge in [0.1, 0.15) is 6.61 Å². The number of nitrogens with one attached hydrogen (secondary N) is 1. The molecule has 0 unspecified atom stereocenters. The molecule has 0 aliphatic rings. The summed E-state index contributed by atoms with van der Waals surface area (Å²) < 4.78 is 4.97. The van der Waals surface area contributed by atoms with E-state index in [9.17, 15) is 9.59 Å². The number of benzene rings is 1. The maximum atomic E-state index is 11.3. The van der Waals surface area contributed by atoms with E-state index >= 15 is 0 Å². The van der Waals surface area contributed by atoms with E-state index in [2.05, 4.69) is 5.32 Å². The fourth-order valence-electron chi connectivity index (χ4n) is 1.22. The van der Waals surface area contributed by atoms with Gasteiger partial charge in [-0.25, -0.2) is 4.79 Å². The first kappa shape index (κ1) is 14.8. The Kier molecular flexibility index (Phi) is 6.15. The van der Waals surface area contributed by atoms with Crippen molar-refractivity contribution in [2.75, 3.05) is 20.6 Å². The number of ether oxygens (including phenoxy) is 1. The minimum atomic E-state index is -0.601. The van der Waals surface area contributed by atoms with Gasteiger partial charge in [-0.2, -0.15) is 0 Å². The summed E-state index contributed by atoms with van der Waals surface area (Å²) >= 11 is 0. The van der Waals surface area contributed by atoms with Gasteiger partial charge in [0.05, 0.1) is 6.54 Å². The monoisotopic (exact) mass is 262 g/mol. The SMILES string of the molecule is CN(C)C=CC(=O)CNC(=O)OCc1ccccc1. The van der Waals surface area contributed by atoms with Crippen molar-refractivity contribution < 1.29 is 14.3 Å². The first-order chi connectivity index (χ1) is 9.08. The molecule has 0 saturated carbocycles. The third-order valence-electron chi connectivity index (χ3n) is 2.18. The van der Waals surface area contributed by atoms with Crippen molar-refractivity contribution >= 4 is 11.9 Å². The summed E-state index contributed by atoms with van der Waals surface area (Å²) in [7, 11) is 3.62. The molecule has 19 heavy (non-hydrogen) atoms. The van der Waals surface area contributed by atoms with Crippen LogP contribution in [-0.4, -0.2) is 37.4 Å². The average Bonchev–Trinajstić information content (AvgIpc) is 2.41. The summed E-state index contributed by atoms with van der Waals surface area (Å²) in [6, 6.07) is 9.34. The molecule has 0 bridgehead atoms. The van der Waals surface area contributed by atoms with Gasteiger partial charge in [-0.15, -0.1) is 0 Å². The molecule has 0 saturated heterocycles. The number of hydrogen-bond donors (Lipinski definition) is 1. The number of rotatable bonds is 6. The maximum absolute atomic E-state index is 11.3. The molecule has 0 radical (unpaired) electrons. The van der Waals surface area contributed by atoms with Gasteiger partial charge in [0, 0.05) is 20.3 Å². The van der Waals surface area contributed by atoms with E-state index in [0.717, 1.165) is 5.56 Å². The summed E-state index contributed by atoms with van der Waals surface area (Å²) in [5.41, 5.74) is 0.900. The van der Waals surface area contributed by atoms with Crippen LogP contribution in [0, 0.1) is 0 Å². The Balaban J connectivity index is 2.23. The van der Waals surface area contributed by atoms with Gasteiger partial charge in [0.25, 0.3) is 0 Å². The summed E-state index contributed by atoms with van der Waals surface area (Å²) in [5.74, 6) is -0.189. The Morgan fingerprint density at radius 2 is 1.95 bits per heavy atom. The summed E-state index contributed by atoms with van der Waals surface area (Å²) in [6.45, 7) is 0.117. The molecule has 0 aliphatic carbocycles. The van der Waals surface area contributed by atoms with Crippen LogP contribution in [-0.2, 0) is 16.1 Å². The topological polar surface area (TPSA) is 58.6 Å². The lowest BCUT2D eigenvalue weighted by atomic mass is 10.2. The van der Waals surface area contributed by atoms with Gasteiger partial charge in [0.15, 0.2) is 5.78 Å². The minimum absolute atomic E-state index is 0.0715. The van der Waals surface area contributed by atoms with Crippen LogP contribution in [0.5, 0.6) is 0 Å². The van der Waals surface area contributed by atoms with Crippen molar-refractivity contribution in [1.29, 1.82) is 0 Å². The van der Waals surface area contributed by atoms with Crippen LogP contribution in [0.15, 0.2) is 42.6 Å². The molecule has 1 amide bonds. The Hall–Kier alpha value is -2.30. The van der Waals surface area contributed by atoms with Gasteiger partial charge in [-0.3, -0.25) is 4.79 Å². The van der Waals surface area contributed by atoms with E-state index in [-0.39, 0.29) is 18.9 Å². The molecule has 0 spiro atoms. The van der Waals surface area contributed by atoms with Crippen LogP contribution in [0.1, 0.15) is 5.56 Å². The molecule has 1 aromatic rings. The smallest absolute Gasteiger partial charge is 0.407 e. The molecule has 1 aromatic carbocycles. The highest BCUT2D eigenvalue weighted by Crippen LogP contribution is 2.00. The minimum Gasteiger partial charge on any atom is -0.445 e. The van der Waals surface area contributed by atoms with E-state index in [0.29, 0.717) is 0 Å². The number of carbonyl (C=O) groups excluding carboxylic acids is 2. The van der Waals surface area contributed by atoms with E-state index < -0.39 is 6.09 Å². The predicted molar refractivity (Wildman–Crippen MR) is 72.5 cm³/mol. The molecule has 0 aliphatic heterocycles. The summed E-state index contributed by atoms with van der Waals surface area (Å²) in [6.07, 6.45) is 2.42. The fraction of sp³-hybridized carbons (Fsp3) is 0.286. The third-order valence-corrected chi connectivity index (χ3v) is 2.18. The molecule has 102 valence electrons. The van der Waals surface area contributed by atoms with E-state index in [1.54, 1.807) is 11.1 Å². The normalized spacial score (nSPS) is 10.2. The fourth-order valence-corrected chi connectivity index (χ4v) is 1.22. The van der Waals surface area contributed by atoms with Gasteiger partial charge in [-0.05, 0) is 11.6 Å². The number of nitrogens with zero attached hydrogens (tertiary/aromatic N) is 1. The molecule has 0 atom stereocenters. The zero-order valence-electron chi connectivity index (χ0n) is 11.1. The number of ketones is 1. The first-order valence-electron chi connectivity index (χ1n) is 5.90. The summed E-state index contributed by atoms with van der Waals surface area (Å²) in [5, 5.41) is 2.40. The van der Waals surface area contributed by atoms with Crippen LogP contribution in [0.25, 0.3) is 0 Å². The van der Waals surface area contributed by atoms with Crippen molar-refractivity contribution in [1.82, 2.24) is 10.2 Å². The second-order valence-electron chi connectivity index (χ2n) is 4.16. The maximum Gasteiger partial charge on any atom is 0.407 e. The van der Waals surface area contributed by atoms with Crippen LogP contribution < -0.4 is 5.32 Å². The quantitative estimate of drug-likeness (QED) is 0.790. The average molecular weight is 262 g/mol. The second kappa shape index (κ2) is 7.92. The number of carbonyl (C=O) groups is 2. The number of hydrogen-bond acceptors (Lipinski definition) is 4. The van der Waals surface area contributed by atoms with E-state index in [1.165, 1.54) is 6.08 Å². The zero-order valence-corrected chi connectivity index (χ0v) is 11.1. The van der Waals surface area contributed by atoms with Crippen molar-refractivity contribution in [2.45, 2.75) is 6.61 Å². The van der Waals surface area contributed by atoms with Crippen molar-refractivity contribution in [3.05, 3.63) is 48.2 Å². The molecule has 0 aromatic heterocycles. The molecule has 0 heterocycles.